The van der Waals surface area contributed by atoms with Gasteiger partial charge in [-0.2, -0.15) is 8.42 Å². The maximum absolute atomic E-state index is 11.9. The predicted octanol–water partition coefficient (Wildman–Crippen LogP) is 1.96. The molecule has 1 N–H and O–H groups in total. The van der Waals surface area contributed by atoms with Gasteiger partial charge in [-0.25, -0.2) is 0 Å². The molecule has 0 aliphatic rings. The smallest absolute Gasteiger partial charge is 0.296 e. The van der Waals surface area contributed by atoms with Gasteiger partial charge < -0.3 is 5.11 Å². The van der Waals surface area contributed by atoms with E-state index in [-0.39, 0.29) is 29.9 Å². The molecule has 0 heterocycles. The average Bonchev–Trinajstić information content (AvgIpc) is 2.29. The second kappa shape index (κ2) is 6.31. The first-order chi connectivity index (χ1) is 8.36. The van der Waals surface area contributed by atoms with Crippen LogP contribution >= 0.6 is 0 Å². The monoisotopic (exact) mass is 272 g/mol. The summed E-state index contributed by atoms with van der Waals surface area (Å²) in [4.78, 5) is 0.147. The lowest BCUT2D eigenvalue weighted by molar-refractivity contribution is 0.133. The van der Waals surface area contributed by atoms with Crippen LogP contribution in [-0.2, 0) is 14.3 Å². The van der Waals surface area contributed by atoms with E-state index in [2.05, 4.69) is 0 Å². The molecule has 0 unspecified atom stereocenters. The summed E-state index contributed by atoms with van der Waals surface area (Å²) in [5.74, 6) is -0.00607. The normalized spacial score (nSPS) is 13.8. The minimum Gasteiger partial charge on any atom is -0.396 e. The minimum absolute atomic E-state index is 0.00434. The van der Waals surface area contributed by atoms with Gasteiger partial charge in [0.25, 0.3) is 10.1 Å². The lowest BCUT2D eigenvalue weighted by Crippen LogP contribution is -2.22. The number of aliphatic hydroxyl groups excluding tert-OH is 1. The molecule has 0 saturated heterocycles. The molecule has 4 nitrogen and oxygen atoms in total. The van der Waals surface area contributed by atoms with Crippen molar-refractivity contribution in [3.63, 3.8) is 0 Å². The lowest BCUT2D eigenvalue weighted by atomic mass is 9.98. The third kappa shape index (κ3) is 4.08. The van der Waals surface area contributed by atoms with Crippen molar-refractivity contribution in [2.45, 2.75) is 25.7 Å². The summed E-state index contributed by atoms with van der Waals surface area (Å²) in [6.45, 7) is 5.65. The standard InChI is InChI=1S/C13H20O4S/c1-10(2)12(8-14)9-17-18(15,16)13-6-4-11(3)5-7-13/h4-7,10,12,14H,8-9H2,1-3H3/t12-/m0/s1. The van der Waals surface area contributed by atoms with E-state index in [4.69, 9.17) is 9.29 Å². The Kier molecular flexibility index (Phi) is 5.31. The van der Waals surface area contributed by atoms with Crippen LogP contribution < -0.4 is 0 Å². The molecule has 18 heavy (non-hydrogen) atoms. The Bertz CT molecular complexity index is 462. The third-order valence-electron chi connectivity index (χ3n) is 2.92. The van der Waals surface area contributed by atoms with Gasteiger partial charge in [0.1, 0.15) is 0 Å². The van der Waals surface area contributed by atoms with E-state index < -0.39 is 10.1 Å². The van der Waals surface area contributed by atoms with E-state index >= 15 is 0 Å². The van der Waals surface area contributed by atoms with Crippen molar-refractivity contribution in [1.82, 2.24) is 0 Å². The summed E-state index contributed by atoms with van der Waals surface area (Å²) in [6.07, 6.45) is 0. The highest BCUT2D eigenvalue weighted by molar-refractivity contribution is 7.86. The summed E-state index contributed by atoms with van der Waals surface area (Å²) < 4.78 is 28.7. The van der Waals surface area contributed by atoms with Gasteiger partial charge in [0.15, 0.2) is 0 Å². The van der Waals surface area contributed by atoms with E-state index in [1.54, 1.807) is 12.1 Å². The zero-order valence-corrected chi connectivity index (χ0v) is 11.8. The van der Waals surface area contributed by atoms with Crippen LogP contribution in [0.5, 0.6) is 0 Å². The Labute approximate surface area is 109 Å². The number of hydrogen-bond donors (Lipinski definition) is 1. The third-order valence-corrected chi connectivity index (χ3v) is 4.22. The van der Waals surface area contributed by atoms with Crippen molar-refractivity contribution in [3.8, 4) is 0 Å². The Balaban J connectivity index is 2.73. The van der Waals surface area contributed by atoms with E-state index in [0.29, 0.717) is 0 Å². The maximum atomic E-state index is 11.9. The molecule has 1 aromatic rings. The van der Waals surface area contributed by atoms with Crippen LogP contribution in [0, 0.1) is 18.8 Å². The van der Waals surface area contributed by atoms with E-state index in [1.165, 1.54) is 12.1 Å². The Morgan fingerprint density at radius 3 is 2.22 bits per heavy atom. The second-order valence-corrected chi connectivity index (χ2v) is 6.35. The Morgan fingerprint density at radius 1 is 1.22 bits per heavy atom. The molecule has 0 aliphatic heterocycles. The molecule has 0 saturated carbocycles. The van der Waals surface area contributed by atoms with Gasteiger partial charge in [-0.15, -0.1) is 0 Å². The highest BCUT2D eigenvalue weighted by Gasteiger charge is 2.19. The first-order valence-electron chi connectivity index (χ1n) is 5.93. The molecule has 1 aromatic carbocycles. The Morgan fingerprint density at radius 2 is 1.78 bits per heavy atom. The molecule has 0 aromatic heterocycles. The molecule has 5 heteroatoms. The quantitative estimate of drug-likeness (QED) is 0.804. The topological polar surface area (TPSA) is 63.6 Å². The second-order valence-electron chi connectivity index (χ2n) is 4.74. The van der Waals surface area contributed by atoms with Gasteiger partial charge in [0, 0.05) is 12.5 Å². The minimum atomic E-state index is -3.73. The van der Waals surface area contributed by atoms with Crippen molar-refractivity contribution in [3.05, 3.63) is 29.8 Å². The van der Waals surface area contributed by atoms with Crippen LogP contribution in [0.25, 0.3) is 0 Å². The van der Waals surface area contributed by atoms with Crippen molar-refractivity contribution in [2.75, 3.05) is 13.2 Å². The molecule has 1 rings (SSSR count). The summed E-state index contributed by atoms with van der Waals surface area (Å²) in [5, 5.41) is 9.13. The molecular weight excluding hydrogens is 252 g/mol. The van der Waals surface area contributed by atoms with Crippen LogP contribution in [0.2, 0.25) is 0 Å². The summed E-state index contributed by atoms with van der Waals surface area (Å²) in [5.41, 5.74) is 0.990. The fourth-order valence-electron chi connectivity index (χ4n) is 1.41. The fraction of sp³-hybridized carbons (Fsp3) is 0.538. The van der Waals surface area contributed by atoms with E-state index in [9.17, 15) is 8.42 Å². The van der Waals surface area contributed by atoms with Crippen LogP contribution in [0.3, 0.4) is 0 Å². The number of hydrogen-bond acceptors (Lipinski definition) is 4. The average molecular weight is 272 g/mol. The summed E-state index contributed by atoms with van der Waals surface area (Å²) in [7, 11) is -3.73. The SMILES string of the molecule is Cc1ccc(S(=O)(=O)OC[C@H](CO)C(C)C)cc1. The number of benzene rings is 1. The fourth-order valence-corrected chi connectivity index (χ4v) is 2.37. The highest BCUT2D eigenvalue weighted by atomic mass is 32.2. The zero-order valence-electron chi connectivity index (χ0n) is 11.0. The van der Waals surface area contributed by atoms with Gasteiger partial charge in [-0.3, -0.25) is 4.18 Å². The molecule has 0 spiro atoms. The highest BCUT2D eigenvalue weighted by Crippen LogP contribution is 2.17. The molecule has 0 amide bonds. The van der Waals surface area contributed by atoms with E-state index in [1.807, 2.05) is 20.8 Å². The van der Waals surface area contributed by atoms with Gasteiger partial charge in [0.2, 0.25) is 0 Å². The molecule has 0 radical (unpaired) electrons. The van der Waals surface area contributed by atoms with Crippen molar-refractivity contribution in [2.24, 2.45) is 11.8 Å². The van der Waals surface area contributed by atoms with E-state index in [0.717, 1.165) is 5.56 Å². The number of aryl methyl sites for hydroxylation is 1. The van der Waals surface area contributed by atoms with Crippen LogP contribution in [0.15, 0.2) is 29.2 Å². The van der Waals surface area contributed by atoms with Crippen molar-refractivity contribution in [1.29, 1.82) is 0 Å². The summed E-state index contributed by atoms with van der Waals surface area (Å²) >= 11 is 0. The van der Waals surface area contributed by atoms with Crippen molar-refractivity contribution < 1.29 is 17.7 Å². The predicted molar refractivity (Wildman–Crippen MR) is 69.7 cm³/mol. The largest absolute Gasteiger partial charge is 0.396 e. The molecule has 0 aliphatic carbocycles. The Hall–Kier alpha value is -0.910. The lowest BCUT2D eigenvalue weighted by Gasteiger charge is -2.17. The maximum Gasteiger partial charge on any atom is 0.296 e. The molecule has 102 valence electrons. The van der Waals surface area contributed by atoms with Gasteiger partial charge in [-0.1, -0.05) is 31.5 Å². The number of rotatable bonds is 6. The van der Waals surface area contributed by atoms with Crippen molar-refractivity contribution >= 4 is 10.1 Å². The van der Waals surface area contributed by atoms with Gasteiger partial charge in [-0.05, 0) is 25.0 Å². The first kappa shape index (κ1) is 15.1. The summed E-state index contributed by atoms with van der Waals surface area (Å²) in [6, 6.07) is 6.49. The van der Waals surface area contributed by atoms with Gasteiger partial charge >= 0.3 is 0 Å². The first-order valence-corrected chi connectivity index (χ1v) is 7.34. The van der Waals surface area contributed by atoms with Gasteiger partial charge in [0.05, 0.1) is 11.5 Å². The van der Waals surface area contributed by atoms with Crippen LogP contribution in [0.1, 0.15) is 19.4 Å². The van der Waals surface area contributed by atoms with Crippen LogP contribution in [-0.4, -0.2) is 26.7 Å². The van der Waals surface area contributed by atoms with Crippen LogP contribution in [0.4, 0.5) is 0 Å². The molecule has 0 fully saturated rings. The molecule has 0 bridgehead atoms. The molecule has 1 atom stereocenters. The zero-order chi connectivity index (χ0) is 13.8. The molecular formula is C13H20O4S. The number of aliphatic hydroxyl groups is 1.